The molecule has 22 heavy (non-hydrogen) atoms. The summed E-state index contributed by atoms with van der Waals surface area (Å²) in [6.07, 6.45) is 0. The number of carbonyl (C=O) groups is 1. The Kier molecular flexibility index (Phi) is 2.97. The molecule has 2 nitrogen and oxygen atoms in total. The normalized spacial score (nSPS) is 21.0. The predicted octanol–water partition coefficient (Wildman–Crippen LogP) is 4.14. The molecule has 0 aromatic heterocycles. The number of carbonyl (C=O) groups excluding carboxylic acids is 1. The topological polar surface area (TPSA) is 20.3 Å². The van der Waals surface area contributed by atoms with Crippen LogP contribution in [0.25, 0.3) is 10.8 Å². The van der Waals surface area contributed by atoms with Crippen LogP contribution in [0.2, 0.25) is 0 Å². The molecule has 0 saturated carbocycles. The van der Waals surface area contributed by atoms with Crippen molar-refractivity contribution in [3.63, 3.8) is 0 Å². The van der Waals surface area contributed by atoms with Crippen LogP contribution in [0.3, 0.4) is 0 Å². The van der Waals surface area contributed by atoms with E-state index in [0.717, 1.165) is 5.56 Å². The van der Waals surface area contributed by atoms with Crippen molar-refractivity contribution in [3.05, 3.63) is 83.9 Å². The molecule has 1 heterocycles. The summed E-state index contributed by atoms with van der Waals surface area (Å²) in [6.45, 7) is 0. The van der Waals surface area contributed by atoms with Crippen LogP contribution < -0.4 is 0 Å². The van der Waals surface area contributed by atoms with Crippen molar-refractivity contribution in [3.8, 4) is 0 Å². The molecule has 2 heteroatoms. The minimum Gasteiger partial charge on any atom is -0.337 e. The van der Waals surface area contributed by atoms with Crippen molar-refractivity contribution in [2.75, 3.05) is 7.05 Å². The third-order valence-electron chi connectivity index (χ3n) is 4.62. The Morgan fingerprint density at radius 1 is 0.773 bits per heavy atom. The summed E-state index contributed by atoms with van der Waals surface area (Å²) in [4.78, 5) is 14.3. The summed E-state index contributed by atoms with van der Waals surface area (Å²) in [5, 5.41) is 2.40. The molecule has 0 N–H and O–H groups in total. The number of nitrogens with zero attached hydrogens (tertiary/aromatic N) is 1. The Morgan fingerprint density at radius 2 is 1.45 bits per heavy atom. The molecule has 1 fully saturated rings. The van der Waals surface area contributed by atoms with E-state index in [1.807, 2.05) is 42.3 Å². The number of rotatable bonds is 2. The highest BCUT2D eigenvalue weighted by Crippen LogP contribution is 2.45. The molecule has 2 atom stereocenters. The molecule has 0 spiro atoms. The highest BCUT2D eigenvalue weighted by atomic mass is 16.2. The number of fused-ring (bicyclic) bond motifs is 1. The van der Waals surface area contributed by atoms with E-state index in [2.05, 4.69) is 42.5 Å². The van der Waals surface area contributed by atoms with Crippen LogP contribution in [0.4, 0.5) is 0 Å². The fraction of sp³-hybridized carbons (Fsp3) is 0.150. The summed E-state index contributed by atoms with van der Waals surface area (Å²) in [7, 11) is 1.89. The minimum absolute atomic E-state index is 0.0722. The second-order valence-corrected chi connectivity index (χ2v) is 5.89. The standard InChI is InChI=1S/C20H17NO/c1-21-19(15-8-3-2-4-9-15)18(20(21)22)17-12-11-14-7-5-6-10-16(14)13-17/h2-13,18-19H,1H3/t18-,19-/m0/s1. The average Bonchev–Trinajstić information content (AvgIpc) is 2.59. The Labute approximate surface area is 130 Å². The first-order valence-electron chi connectivity index (χ1n) is 7.56. The van der Waals surface area contributed by atoms with Crippen molar-refractivity contribution < 1.29 is 4.79 Å². The number of hydrogen-bond donors (Lipinski definition) is 0. The Bertz CT molecular complexity index is 840. The van der Waals surface area contributed by atoms with Crippen LogP contribution in [0, 0.1) is 0 Å². The lowest BCUT2D eigenvalue weighted by molar-refractivity contribution is -0.147. The predicted molar refractivity (Wildman–Crippen MR) is 88.6 cm³/mol. The van der Waals surface area contributed by atoms with E-state index in [4.69, 9.17) is 0 Å². The first-order chi connectivity index (χ1) is 10.8. The van der Waals surface area contributed by atoms with Gasteiger partial charge in [-0.25, -0.2) is 0 Å². The maximum Gasteiger partial charge on any atom is 0.232 e. The molecule has 3 aromatic rings. The second-order valence-electron chi connectivity index (χ2n) is 5.89. The summed E-state index contributed by atoms with van der Waals surface area (Å²) in [5.74, 6) is 0.126. The number of likely N-dealkylation sites (tertiary alicyclic amines) is 1. The maximum atomic E-state index is 12.4. The number of β-lactam (4-membered cyclic amide) rings is 1. The van der Waals surface area contributed by atoms with Crippen molar-refractivity contribution in [2.24, 2.45) is 0 Å². The third-order valence-corrected chi connectivity index (χ3v) is 4.62. The minimum atomic E-state index is -0.0722. The molecule has 1 aliphatic heterocycles. The van der Waals surface area contributed by atoms with E-state index in [0.29, 0.717) is 0 Å². The van der Waals surface area contributed by atoms with Crippen molar-refractivity contribution in [1.29, 1.82) is 0 Å². The van der Waals surface area contributed by atoms with E-state index in [9.17, 15) is 4.79 Å². The summed E-state index contributed by atoms with van der Waals surface area (Å²) < 4.78 is 0. The molecule has 108 valence electrons. The summed E-state index contributed by atoms with van der Waals surface area (Å²) >= 11 is 0. The first kappa shape index (κ1) is 13.1. The van der Waals surface area contributed by atoms with Gasteiger partial charge in [0, 0.05) is 7.05 Å². The van der Waals surface area contributed by atoms with E-state index < -0.39 is 0 Å². The molecule has 0 radical (unpaired) electrons. The van der Waals surface area contributed by atoms with Crippen LogP contribution in [0.5, 0.6) is 0 Å². The molecule has 0 bridgehead atoms. The fourth-order valence-electron chi connectivity index (χ4n) is 3.43. The number of benzene rings is 3. The summed E-state index contributed by atoms with van der Waals surface area (Å²) in [6, 6.07) is 25.0. The molecular formula is C20H17NO. The van der Waals surface area contributed by atoms with Gasteiger partial charge in [-0.2, -0.15) is 0 Å². The average molecular weight is 287 g/mol. The van der Waals surface area contributed by atoms with Crippen molar-refractivity contribution >= 4 is 16.7 Å². The van der Waals surface area contributed by atoms with Crippen molar-refractivity contribution in [1.82, 2.24) is 4.90 Å². The molecule has 1 amide bonds. The first-order valence-corrected chi connectivity index (χ1v) is 7.56. The Balaban J connectivity index is 1.77. The molecule has 4 rings (SSSR count). The molecular weight excluding hydrogens is 270 g/mol. The molecule has 0 aliphatic carbocycles. The van der Waals surface area contributed by atoms with E-state index in [-0.39, 0.29) is 17.9 Å². The largest absolute Gasteiger partial charge is 0.337 e. The monoisotopic (exact) mass is 287 g/mol. The van der Waals surface area contributed by atoms with Crippen molar-refractivity contribution in [2.45, 2.75) is 12.0 Å². The van der Waals surface area contributed by atoms with Gasteiger partial charge in [0.25, 0.3) is 0 Å². The molecule has 3 aromatic carbocycles. The highest BCUT2D eigenvalue weighted by Gasteiger charge is 2.46. The number of amides is 1. The van der Waals surface area contributed by atoms with E-state index in [1.54, 1.807) is 0 Å². The van der Waals surface area contributed by atoms with Gasteiger partial charge in [-0.05, 0) is 21.9 Å². The maximum absolute atomic E-state index is 12.4. The highest BCUT2D eigenvalue weighted by molar-refractivity contribution is 5.93. The lowest BCUT2D eigenvalue weighted by Crippen LogP contribution is -2.50. The lowest BCUT2D eigenvalue weighted by Gasteiger charge is -2.45. The Morgan fingerprint density at radius 3 is 2.23 bits per heavy atom. The number of hydrogen-bond acceptors (Lipinski definition) is 1. The number of likely N-dealkylation sites (N-methyl/N-ethyl adjacent to an activating group) is 1. The smallest absolute Gasteiger partial charge is 0.232 e. The zero-order chi connectivity index (χ0) is 15.1. The molecule has 1 aliphatic rings. The van der Waals surface area contributed by atoms with Gasteiger partial charge in [0.05, 0.1) is 12.0 Å². The quantitative estimate of drug-likeness (QED) is 0.649. The SMILES string of the molecule is CN1C(=O)[C@@H](c2ccc3ccccc3c2)[C@@H]1c1ccccc1. The lowest BCUT2D eigenvalue weighted by atomic mass is 9.78. The summed E-state index contributed by atoms with van der Waals surface area (Å²) in [5.41, 5.74) is 2.30. The van der Waals surface area contributed by atoms with E-state index in [1.165, 1.54) is 16.3 Å². The van der Waals surface area contributed by atoms with Gasteiger partial charge in [-0.3, -0.25) is 4.79 Å². The van der Waals surface area contributed by atoms with Gasteiger partial charge in [0.15, 0.2) is 0 Å². The second kappa shape index (κ2) is 4.99. The van der Waals surface area contributed by atoms with Crippen LogP contribution in [-0.4, -0.2) is 17.9 Å². The fourth-order valence-corrected chi connectivity index (χ4v) is 3.43. The Hall–Kier alpha value is -2.61. The van der Waals surface area contributed by atoms with Crippen LogP contribution in [0.1, 0.15) is 23.1 Å². The third kappa shape index (κ3) is 1.92. The van der Waals surface area contributed by atoms with Gasteiger partial charge in [0.2, 0.25) is 5.91 Å². The van der Waals surface area contributed by atoms with Gasteiger partial charge in [0.1, 0.15) is 0 Å². The van der Waals surface area contributed by atoms with E-state index >= 15 is 0 Å². The van der Waals surface area contributed by atoms with Gasteiger partial charge >= 0.3 is 0 Å². The molecule has 0 unspecified atom stereocenters. The zero-order valence-corrected chi connectivity index (χ0v) is 12.4. The van der Waals surface area contributed by atoms with Gasteiger partial charge < -0.3 is 4.90 Å². The van der Waals surface area contributed by atoms with Gasteiger partial charge in [-0.1, -0.05) is 72.8 Å². The van der Waals surface area contributed by atoms with Crippen LogP contribution in [-0.2, 0) is 4.79 Å². The zero-order valence-electron chi connectivity index (χ0n) is 12.4. The van der Waals surface area contributed by atoms with Crippen LogP contribution in [0.15, 0.2) is 72.8 Å². The molecule has 1 saturated heterocycles. The van der Waals surface area contributed by atoms with Crippen LogP contribution >= 0.6 is 0 Å². The van der Waals surface area contributed by atoms with Gasteiger partial charge in [-0.15, -0.1) is 0 Å².